The van der Waals surface area contributed by atoms with Crippen molar-refractivity contribution in [1.29, 1.82) is 0 Å². The second-order valence-electron chi connectivity index (χ2n) is 9.79. The summed E-state index contributed by atoms with van der Waals surface area (Å²) in [4.78, 5) is 13.1. The molecule has 1 heterocycles. The van der Waals surface area contributed by atoms with Crippen molar-refractivity contribution in [3.05, 3.63) is 106 Å². The van der Waals surface area contributed by atoms with Crippen molar-refractivity contribution in [2.75, 3.05) is 18.0 Å². The van der Waals surface area contributed by atoms with E-state index >= 15 is 0 Å². The number of aryl methyl sites for hydroxylation is 4. The Hall–Kier alpha value is -4.37. The van der Waals surface area contributed by atoms with Gasteiger partial charge in [-0.1, -0.05) is 35.9 Å². The minimum atomic E-state index is -4.10. The first-order valence-corrected chi connectivity index (χ1v) is 14.3. The highest BCUT2D eigenvalue weighted by Gasteiger charge is 2.29. The lowest BCUT2D eigenvalue weighted by molar-refractivity contribution is -0.119. The average molecular weight is 559 g/mol. The molecular weight excluding hydrogens is 524 g/mol. The van der Waals surface area contributed by atoms with E-state index in [0.717, 1.165) is 43.6 Å². The summed E-state index contributed by atoms with van der Waals surface area (Å²) in [5.74, 6) is -0.260. The Kier molecular flexibility index (Phi) is 8.44. The van der Waals surface area contributed by atoms with Crippen LogP contribution in [0.3, 0.4) is 0 Å². The average Bonchev–Trinajstić information content (AvgIpc) is 3.19. The van der Waals surface area contributed by atoms with E-state index in [9.17, 15) is 13.2 Å². The molecule has 0 aliphatic carbocycles. The third-order valence-electron chi connectivity index (χ3n) is 6.62. The first-order valence-electron chi connectivity index (χ1n) is 12.8. The Morgan fingerprint density at radius 1 is 0.925 bits per heavy atom. The van der Waals surface area contributed by atoms with Crippen LogP contribution in [0, 0.1) is 34.6 Å². The minimum Gasteiger partial charge on any atom is -0.495 e. The molecule has 1 amide bonds. The van der Waals surface area contributed by atoms with E-state index < -0.39 is 22.5 Å². The van der Waals surface area contributed by atoms with Crippen molar-refractivity contribution in [1.82, 2.24) is 9.99 Å². The second-order valence-corrected chi connectivity index (χ2v) is 11.7. The largest absolute Gasteiger partial charge is 0.495 e. The molecule has 0 radical (unpaired) electrons. The number of sulfonamides is 1. The summed E-state index contributed by atoms with van der Waals surface area (Å²) >= 11 is 0. The maximum Gasteiger partial charge on any atom is 0.264 e. The van der Waals surface area contributed by atoms with Crippen molar-refractivity contribution >= 4 is 27.8 Å². The van der Waals surface area contributed by atoms with Gasteiger partial charge in [0.2, 0.25) is 0 Å². The van der Waals surface area contributed by atoms with Crippen LogP contribution in [0.15, 0.2) is 82.8 Å². The van der Waals surface area contributed by atoms with E-state index in [0.29, 0.717) is 5.75 Å². The first-order chi connectivity index (χ1) is 19.0. The topological polar surface area (TPSA) is 93.0 Å². The van der Waals surface area contributed by atoms with Crippen molar-refractivity contribution in [2.45, 2.75) is 39.5 Å². The van der Waals surface area contributed by atoms with Crippen LogP contribution in [-0.4, -0.2) is 38.8 Å². The molecular formula is C31H34N4O4S. The van der Waals surface area contributed by atoms with Gasteiger partial charge in [0.25, 0.3) is 15.9 Å². The van der Waals surface area contributed by atoms with Gasteiger partial charge in [0.05, 0.1) is 23.9 Å². The van der Waals surface area contributed by atoms with Gasteiger partial charge in [-0.15, -0.1) is 0 Å². The Morgan fingerprint density at radius 2 is 1.60 bits per heavy atom. The number of nitrogens with zero attached hydrogens (tertiary/aromatic N) is 3. The zero-order chi connectivity index (χ0) is 29.0. The molecule has 0 atom stereocenters. The molecule has 0 aliphatic heterocycles. The molecule has 1 N–H and O–H groups in total. The van der Waals surface area contributed by atoms with Crippen LogP contribution in [0.25, 0.3) is 5.69 Å². The van der Waals surface area contributed by atoms with Gasteiger partial charge >= 0.3 is 0 Å². The van der Waals surface area contributed by atoms with E-state index in [1.165, 1.54) is 19.2 Å². The van der Waals surface area contributed by atoms with E-state index in [1.54, 1.807) is 30.5 Å². The molecule has 9 heteroatoms. The van der Waals surface area contributed by atoms with Crippen molar-refractivity contribution in [3.63, 3.8) is 0 Å². The SMILES string of the molecule is COc1ccc(C)cc1N(CC(=O)N/N=C\c1cc(C)n(-c2cccc(C)c2)c1C)S(=O)(=O)c1ccc(C)cc1. The van der Waals surface area contributed by atoms with Crippen LogP contribution >= 0.6 is 0 Å². The van der Waals surface area contributed by atoms with Gasteiger partial charge in [0.1, 0.15) is 12.3 Å². The molecule has 0 saturated carbocycles. The van der Waals surface area contributed by atoms with Crippen molar-refractivity contribution < 1.29 is 17.9 Å². The molecule has 0 unspecified atom stereocenters. The van der Waals surface area contributed by atoms with Crippen LogP contribution in [0.5, 0.6) is 5.75 Å². The van der Waals surface area contributed by atoms with Crippen molar-refractivity contribution in [3.8, 4) is 11.4 Å². The van der Waals surface area contributed by atoms with Gasteiger partial charge in [0, 0.05) is 22.6 Å². The third-order valence-corrected chi connectivity index (χ3v) is 8.40. The molecule has 4 aromatic rings. The number of hydrazone groups is 1. The third kappa shape index (κ3) is 6.10. The van der Waals surface area contributed by atoms with Crippen molar-refractivity contribution in [2.24, 2.45) is 5.10 Å². The highest BCUT2D eigenvalue weighted by atomic mass is 32.2. The van der Waals surface area contributed by atoms with Gasteiger partial charge < -0.3 is 9.30 Å². The van der Waals surface area contributed by atoms with Gasteiger partial charge in [-0.2, -0.15) is 5.10 Å². The van der Waals surface area contributed by atoms with Crippen LogP contribution in [0.4, 0.5) is 5.69 Å². The lowest BCUT2D eigenvalue weighted by Crippen LogP contribution is -2.39. The smallest absolute Gasteiger partial charge is 0.264 e. The summed E-state index contributed by atoms with van der Waals surface area (Å²) in [6, 6.07) is 21.9. The predicted molar refractivity (Wildman–Crippen MR) is 159 cm³/mol. The van der Waals surface area contributed by atoms with E-state index in [2.05, 4.69) is 21.2 Å². The Labute approximate surface area is 236 Å². The number of aromatic nitrogens is 1. The lowest BCUT2D eigenvalue weighted by Gasteiger charge is -2.25. The zero-order valence-corrected chi connectivity index (χ0v) is 24.4. The number of anilines is 1. The van der Waals surface area contributed by atoms with Crippen LogP contribution in [-0.2, 0) is 14.8 Å². The highest BCUT2D eigenvalue weighted by Crippen LogP contribution is 2.33. The fraction of sp³-hybridized carbons (Fsp3) is 0.226. The Bertz CT molecular complexity index is 1670. The summed E-state index contributed by atoms with van der Waals surface area (Å²) in [5.41, 5.74) is 9.54. The van der Waals surface area contributed by atoms with E-state index in [1.807, 2.05) is 65.0 Å². The lowest BCUT2D eigenvalue weighted by atomic mass is 10.2. The number of ether oxygens (including phenoxy) is 1. The molecule has 0 aliphatic rings. The number of rotatable bonds is 9. The van der Waals surface area contributed by atoms with E-state index in [4.69, 9.17) is 4.74 Å². The minimum absolute atomic E-state index is 0.0709. The van der Waals surface area contributed by atoms with Crippen LogP contribution in [0.2, 0.25) is 0 Å². The fourth-order valence-electron chi connectivity index (χ4n) is 4.55. The molecule has 208 valence electrons. The molecule has 0 spiro atoms. The summed E-state index contributed by atoms with van der Waals surface area (Å²) in [5, 5.41) is 4.15. The molecule has 4 rings (SSSR count). The molecule has 0 fully saturated rings. The number of amides is 1. The summed E-state index contributed by atoms with van der Waals surface area (Å²) in [6.07, 6.45) is 1.57. The molecule has 8 nitrogen and oxygen atoms in total. The summed E-state index contributed by atoms with van der Waals surface area (Å²) in [7, 11) is -2.64. The van der Waals surface area contributed by atoms with E-state index in [-0.39, 0.29) is 10.6 Å². The number of methoxy groups -OCH3 is 1. The molecule has 3 aromatic carbocycles. The second kappa shape index (κ2) is 11.8. The highest BCUT2D eigenvalue weighted by molar-refractivity contribution is 7.92. The standard InChI is InChI=1S/C31H34N4O4S/c1-21-10-13-28(14-11-21)40(37,38)34(29-17-23(3)12-15-30(29)39-6)20-31(36)33-32-19-26-18-24(4)35(25(26)5)27-9-7-8-22(2)16-27/h7-19H,20H2,1-6H3,(H,33,36)/b32-19-. The number of benzene rings is 3. The number of carbonyl (C=O) groups excluding carboxylic acids is 1. The van der Waals surface area contributed by atoms with Gasteiger partial charge in [-0.3, -0.25) is 9.10 Å². The Morgan fingerprint density at radius 3 is 2.27 bits per heavy atom. The van der Waals surface area contributed by atoms with Gasteiger partial charge in [0.15, 0.2) is 0 Å². The monoisotopic (exact) mass is 558 g/mol. The number of hydrogen-bond acceptors (Lipinski definition) is 5. The zero-order valence-electron chi connectivity index (χ0n) is 23.6. The number of nitrogens with one attached hydrogen (secondary N) is 1. The van der Waals surface area contributed by atoms with Crippen LogP contribution < -0.4 is 14.5 Å². The summed E-state index contributed by atoms with van der Waals surface area (Å²) in [6.45, 7) is 9.27. The summed E-state index contributed by atoms with van der Waals surface area (Å²) < 4.78 is 36.1. The molecule has 0 bridgehead atoms. The predicted octanol–water partition coefficient (Wildman–Crippen LogP) is 5.37. The van der Waals surface area contributed by atoms with Gasteiger partial charge in [-0.25, -0.2) is 13.8 Å². The first kappa shape index (κ1) is 28.6. The molecule has 0 saturated heterocycles. The Balaban J connectivity index is 1.61. The van der Waals surface area contributed by atoms with Gasteiger partial charge in [-0.05, 0) is 88.2 Å². The normalized spacial score (nSPS) is 11.6. The number of hydrogen-bond donors (Lipinski definition) is 1. The number of carbonyl (C=O) groups is 1. The maximum absolute atomic E-state index is 13.7. The maximum atomic E-state index is 13.7. The fourth-order valence-corrected chi connectivity index (χ4v) is 5.98. The molecule has 1 aromatic heterocycles. The molecule has 40 heavy (non-hydrogen) atoms. The quantitative estimate of drug-likeness (QED) is 0.221. The van der Waals surface area contributed by atoms with Crippen LogP contribution in [0.1, 0.15) is 33.6 Å².